The Morgan fingerprint density at radius 3 is 3.00 bits per heavy atom. The number of hydrogen-bond acceptors (Lipinski definition) is 4. The summed E-state index contributed by atoms with van der Waals surface area (Å²) in [5, 5.41) is 0. The molecule has 1 aromatic heterocycles. The van der Waals surface area contributed by atoms with Gasteiger partial charge in [0.15, 0.2) is 5.89 Å². The third-order valence-electron chi connectivity index (χ3n) is 5.66. The minimum atomic E-state index is 0.335. The first kappa shape index (κ1) is 18.1. The Bertz CT molecular complexity index is 878. The van der Waals surface area contributed by atoms with Crippen molar-refractivity contribution >= 4 is 0 Å². The molecule has 4 heteroatoms. The summed E-state index contributed by atoms with van der Waals surface area (Å²) in [6.07, 6.45) is 9.00. The highest BCUT2D eigenvalue weighted by Crippen LogP contribution is 2.33. The van der Waals surface area contributed by atoms with E-state index in [1.54, 1.807) is 0 Å². The van der Waals surface area contributed by atoms with Crippen molar-refractivity contribution in [2.24, 2.45) is 0 Å². The quantitative estimate of drug-likeness (QED) is 0.715. The van der Waals surface area contributed by atoms with Crippen molar-refractivity contribution in [1.82, 2.24) is 9.88 Å². The summed E-state index contributed by atoms with van der Waals surface area (Å²) in [5.74, 6) is 2.94. The fourth-order valence-electron chi connectivity index (χ4n) is 3.98. The maximum atomic E-state index is 6.05. The average molecular weight is 364 g/mol. The Kier molecular flexibility index (Phi) is 5.17. The maximum Gasteiger partial charge on any atom is 0.199 e. The molecule has 0 N–H and O–H groups in total. The molecule has 3 heterocycles. The van der Waals surface area contributed by atoms with Crippen LogP contribution < -0.4 is 4.74 Å². The maximum absolute atomic E-state index is 6.05. The van der Waals surface area contributed by atoms with E-state index in [2.05, 4.69) is 55.2 Å². The summed E-state index contributed by atoms with van der Waals surface area (Å²) >= 11 is 0. The van der Waals surface area contributed by atoms with Gasteiger partial charge in [-0.1, -0.05) is 30.4 Å². The molecule has 0 aliphatic carbocycles. The highest BCUT2D eigenvalue weighted by Gasteiger charge is 2.27. The van der Waals surface area contributed by atoms with Gasteiger partial charge in [0.1, 0.15) is 11.5 Å². The van der Waals surface area contributed by atoms with Crippen LogP contribution >= 0.6 is 0 Å². The molecule has 1 aromatic carbocycles. The highest BCUT2D eigenvalue weighted by atomic mass is 16.5. The normalized spacial score (nSPS) is 18.4. The fourth-order valence-corrected chi connectivity index (χ4v) is 3.98. The third-order valence-corrected chi connectivity index (χ3v) is 5.66. The number of nitrogens with zero attached hydrogens (tertiary/aromatic N) is 2. The molecule has 0 spiro atoms. The fraction of sp³-hybridized carbons (Fsp3) is 0.435. The highest BCUT2D eigenvalue weighted by molar-refractivity contribution is 5.41. The molecule has 1 atom stereocenters. The molecule has 4 rings (SSSR count). The van der Waals surface area contributed by atoms with Crippen LogP contribution in [-0.2, 0) is 25.8 Å². The van der Waals surface area contributed by atoms with E-state index < -0.39 is 0 Å². The molecule has 2 aromatic rings. The molecule has 4 nitrogen and oxygen atoms in total. The first-order valence-corrected chi connectivity index (χ1v) is 9.93. The van der Waals surface area contributed by atoms with Gasteiger partial charge in [0.2, 0.25) is 0 Å². The van der Waals surface area contributed by atoms with Crippen LogP contribution in [0.2, 0.25) is 0 Å². The van der Waals surface area contributed by atoms with Crippen LogP contribution in [0.1, 0.15) is 55.3 Å². The number of benzene rings is 1. The predicted molar refractivity (Wildman–Crippen MR) is 107 cm³/mol. The lowest BCUT2D eigenvalue weighted by Crippen LogP contribution is -2.32. The van der Waals surface area contributed by atoms with Gasteiger partial charge in [-0.3, -0.25) is 4.90 Å². The van der Waals surface area contributed by atoms with E-state index in [0.717, 1.165) is 62.1 Å². The molecule has 0 radical (unpaired) electrons. The molecule has 0 saturated heterocycles. The summed E-state index contributed by atoms with van der Waals surface area (Å²) in [5.41, 5.74) is 4.97. The minimum absolute atomic E-state index is 0.335. The van der Waals surface area contributed by atoms with Crippen LogP contribution in [0.4, 0.5) is 0 Å². The summed E-state index contributed by atoms with van der Waals surface area (Å²) in [4.78, 5) is 7.28. The lowest BCUT2D eigenvalue weighted by atomic mass is 10.0. The zero-order chi connectivity index (χ0) is 18.8. The second-order valence-electron chi connectivity index (χ2n) is 7.38. The van der Waals surface area contributed by atoms with Crippen LogP contribution in [0.3, 0.4) is 0 Å². The van der Waals surface area contributed by atoms with Gasteiger partial charge in [-0.15, -0.1) is 0 Å². The molecular formula is C23H28N2O2. The lowest BCUT2D eigenvalue weighted by Gasteiger charge is -2.31. The van der Waals surface area contributed by atoms with Gasteiger partial charge in [-0.25, -0.2) is 4.98 Å². The topological polar surface area (TPSA) is 38.5 Å². The smallest absolute Gasteiger partial charge is 0.199 e. The minimum Gasteiger partial charge on any atom is -0.493 e. The van der Waals surface area contributed by atoms with E-state index in [-0.39, 0.29) is 0 Å². The van der Waals surface area contributed by atoms with Gasteiger partial charge < -0.3 is 9.15 Å². The van der Waals surface area contributed by atoms with Gasteiger partial charge in [-0.05, 0) is 43.5 Å². The van der Waals surface area contributed by atoms with E-state index in [1.807, 2.05) is 6.92 Å². The van der Waals surface area contributed by atoms with Crippen LogP contribution in [0.5, 0.6) is 5.75 Å². The molecule has 0 amide bonds. The van der Waals surface area contributed by atoms with Gasteiger partial charge >= 0.3 is 0 Å². The zero-order valence-corrected chi connectivity index (χ0v) is 16.5. The molecule has 0 saturated carbocycles. The summed E-state index contributed by atoms with van der Waals surface area (Å²) in [6.45, 7) is 9.00. The largest absolute Gasteiger partial charge is 0.493 e. The molecule has 2 aliphatic heterocycles. The standard InChI is InChI=1S/C23H28N2O2/c1-4-6-17(5-2)13-23-24-20-15-25(11-9-21(20)27-23)16(3)19-8-7-18-10-12-26-22(18)14-19/h4-8,14,16H,9-13,15H2,1-3H3/b6-4-,17-5+. The van der Waals surface area contributed by atoms with Crippen molar-refractivity contribution in [2.75, 3.05) is 13.2 Å². The van der Waals surface area contributed by atoms with E-state index in [4.69, 9.17) is 14.1 Å². The van der Waals surface area contributed by atoms with Crippen LogP contribution in [0.15, 0.2) is 46.4 Å². The molecule has 0 fully saturated rings. The molecule has 2 aliphatic rings. The van der Waals surface area contributed by atoms with E-state index >= 15 is 0 Å². The van der Waals surface area contributed by atoms with Crippen LogP contribution in [-0.4, -0.2) is 23.0 Å². The van der Waals surface area contributed by atoms with Crippen molar-refractivity contribution in [3.8, 4) is 5.75 Å². The molecule has 1 unspecified atom stereocenters. The number of ether oxygens (including phenoxy) is 1. The lowest BCUT2D eigenvalue weighted by molar-refractivity contribution is 0.182. The Morgan fingerprint density at radius 1 is 1.30 bits per heavy atom. The zero-order valence-electron chi connectivity index (χ0n) is 16.5. The monoisotopic (exact) mass is 364 g/mol. The Hall–Kier alpha value is -2.33. The summed E-state index contributed by atoms with van der Waals surface area (Å²) in [6, 6.07) is 7.02. The van der Waals surface area contributed by atoms with Crippen LogP contribution in [0, 0.1) is 0 Å². The number of rotatable bonds is 5. The van der Waals surface area contributed by atoms with E-state index in [0.29, 0.717) is 6.04 Å². The first-order chi connectivity index (χ1) is 13.2. The second-order valence-corrected chi connectivity index (χ2v) is 7.38. The number of aromatic nitrogens is 1. The summed E-state index contributed by atoms with van der Waals surface area (Å²) in [7, 11) is 0. The Morgan fingerprint density at radius 2 is 2.19 bits per heavy atom. The number of hydrogen-bond donors (Lipinski definition) is 0. The van der Waals surface area contributed by atoms with Gasteiger partial charge in [0, 0.05) is 38.4 Å². The number of fused-ring (bicyclic) bond motifs is 2. The third kappa shape index (κ3) is 3.72. The van der Waals surface area contributed by atoms with Crippen molar-refractivity contribution < 1.29 is 9.15 Å². The van der Waals surface area contributed by atoms with Crippen molar-refractivity contribution in [1.29, 1.82) is 0 Å². The van der Waals surface area contributed by atoms with Crippen LogP contribution in [0.25, 0.3) is 0 Å². The number of allylic oxidation sites excluding steroid dienone is 4. The predicted octanol–water partition coefficient (Wildman–Crippen LogP) is 4.79. The second kappa shape index (κ2) is 7.73. The van der Waals surface area contributed by atoms with Gasteiger partial charge in [0.25, 0.3) is 0 Å². The molecule has 27 heavy (non-hydrogen) atoms. The SMILES string of the molecule is C/C=C\C(=C/C)Cc1nc2c(o1)CCN(C(C)c1ccc3c(c1)OCC3)C2. The molecule has 142 valence electrons. The molecule has 0 bridgehead atoms. The molecular weight excluding hydrogens is 336 g/mol. The summed E-state index contributed by atoms with van der Waals surface area (Å²) < 4.78 is 11.8. The Labute approximate surface area is 161 Å². The van der Waals surface area contributed by atoms with Gasteiger partial charge in [0.05, 0.1) is 12.3 Å². The van der Waals surface area contributed by atoms with Crippen molar-refractivity contribution in [3.05, 3.63) is 70.5 Å². The Balaban J connectivity index is 1.48. The van der Waals surface area contributed by atoms with E-state index in [9.17, 15) is 0 Å². The first-order valence-electron chi connectivity index (χ1n) is 9.93. The van der Waals surface area contributed by atoms with E-state index in [1.165, 1.54) is 16.7 Å². The van der Waals surface area contributed by atoms with Gasteiger partial charge in [-0.2, -0.15) is 0 Å². The van der Waals surface area contributed by atoms with Crippen molar-refractivity contribution in [3.63, 3.8) is 0 Å². The number of oxazole rings is 1. The average Bonchev–Trinajstić information content (AvgIpc) is 3.31. The van der Waals surface area contributed by atoms with Crippen molar-refractivity contribution in [2.45, 2.75) is 52.6 Å².